The second kappa shape index (κ2) is 18.3. The number of aryl methyl sites for hydroxylation is 1. The molecular weight excluding hydrogens is 548 g/mol. The molecule has 7 nitrogen and oxygen atoms in total. The van der Waals surface area contributed by atoms with Crippen molar-refractivity contribution in [2.45, 2.75) is 78.7 Å². The molecule has 0 saturated heterocycles. The van der Waals surface area contributed by atoms with E-state index in [1.54, 1.807) is 18.2 Å². The maximum atomic E-state index is 13.7. The topological polar surface area (TPSA) is 94.8 Å². The van der Waals surface area contributed by atoms with Crippen molar-refractivity contribution >= 4 is 40.4 Å². The molecule has 222 valence electrons. The number of halogens is 1. The molecule has 0 amide bonds. The zero-order chi connectivity index (χ0) is 28.0. The van der Waals surface area contributed by atoms with Crippen LogP contribution in [-0.4, -0.2) is 45.7 Å². The minimum atomic E-state index is -2.36. The summed E-state index contributed by atoms with van der Waals surface area (Å²) in [5.41, 5.74) is 2.51. The van der Waals surface area contributed by atoms with Gasteiger partial charge in [0, 0.05) is 41.7 Å². The highest BCUT2D eigenvalue weighted by Gasteiger charge is 2.22. The predicted octanol–water partition coefficient (Wildman–Crippen LogP) is 6.98. The third kappa shape index (κ3) is 10.3. The van der Waals surface area contributed by atoms with Crippen molar-refractivity contribution in [3.8, 4) is 5.75 Å². The van der Waals surface area contributed by atoms with E-state index < -0.39 is 11.3 Å². The maximum absolute atomic E-state index is 13.7. The minimum absolute atomic E-state index is 0. The summed E-state index contributed by atoms with van der Waals surface area (Å²) in [6, 6.07) is 12.8. The average Bonchev–Trinajstić information content (AvgIpc) is 3.31. The van der Waals surface area contributed by atoms with Crippen molar-refractivity contribution < 1.29 is 22.7 Å². The molecule has 3 rings (SSSR count). The summed E-state index contributed by atoms with van der Waals surface area (Å²) in [6.45, 7) is 10.7. The Morgan fingerprint density at radius 1 is 0.950 bits per heavy atom. The van der Waals surface area contributed by atoms with Gasteiger partial charge in [-0.3, -0.25) is 9.00 Å². The van der Waals surface area contributed by atoms with Gasteiger partial charge in [-0.2, -0.15) is 0 Å². The summed E-state index contributed by atoms with van der Waals surface area (Å²) in [5.74, 6) is 1.32. The van der Waals surface area contributed by atoms with Crippen LogP contribution in [0.15, 0.2) is 46.9 Å². The molecule has 1 atom stereocenters. The molecule has 0 saturated carbocycles. The largest absolute Gasteiger partial charge is 0.760 e. The lowest BCUT2D eigenvalue weighted by atomic mass is 9.97. The number of hydrogen-bond donors (Lipinski definition) is 1. The van der Waals surface area contributed by atoms with Crippen molar-refractivity contribution in [1.82, 2.24) is 9.62 Å². The smallest absolute Gasteiger partial charge is 0.197 e. The Kier molecular flexibility index (Phi) is 15.5. The molecule has 3 aromatic rings. The van der Waals surface area contributed by atoms with E-state index in [2.05, 4.69) is 30.4 Å². The Bertz CT molecular complexity index is 1190. The molecule has 0 aliphatic heterocycles. The highest BCUT2D eigenvalue weighted by atomic mass is 35.5. The summed E-state index contributed by atoms with van der Waals surface area (Å²) in [5, 5.41) is 0.707. The van der Waals surface area contributed by atoms with Crippen LogP contribution in [0.3, 0.4) is 0 Å². The van der Waals surface area contributed by atoms with Gasteiger partial charge < -0.3 is 18.6 Å². The third-order valence-corrected chi connectivity index (χ3v) is 7.24. The fraction of sp³-hybridized carbons (Fsp3) is 0.516. The molecule has 40 heavy (non-hydrogen) atoms. The lowest BCUT2D eigenvalue weighted by molar-refractivity contribution is 0.103. The number of rotatable bonds is 19. The van der Waals surface area contributed by atoms with Gasteiger partial charge in [-0.05, 0) is 80.7 Å². The fourth-order valence-electron chi connectivity index (χ4n) is 4.63. The lowest BCUT2D eigenvalue weighted by Crippen LogP contribution is -2.28. The van der Waals surface area contributed by atoms with Gasteiger partial charge in [-0.15, -0.1) is 12.4 Å². The van der Waals surface area contributed by atoms with Crippen molar-refractivity contribution in [3.63, 3.8) is 0 Å². The number of carbonyl (C=O) groups excluding carboxylic acids is 1. The molecular formula is C31H44ClN2O5S-. The van der Waals surface area contributed by atoms with Gasteiger partial charge in [0.15, 0.2) is 5.78 Å². The minimum Gasteiger partial charge on any atom is -0.760 e. The molecule has 9 heteroatoms. The first-order valence-corrected chi connectivity index (χ1v) is 15.4. The van der Waals surface area contributed by atoms with E-state index in [4.69, 9.17) is 9.15 Å². The first-order chi connectivity index (χ1) is 19.0. The molecule has 1 aromatic heterocycles. The monoisotopic (exact) mass is 591 g/mol. The van der Waals surface area contributed by atoms with Crippen LogP contribution < -0.4 is 9.46 Å². The van der Waals surface area contributed by atoms with Crippen molar-refractivity contribution in [2.24, 2.45) is 0 Å². The number of nitrogens with one attached hydrogen (secondary N) is 1. The standard InChI is InChI=1S/C31H44N2O5S.ClH/c1-4-7-11-29-30(27-22-24(23-32-39(35)36)12-17-28(27)38-29)31(34)25-13-15-26(16-14-25)37-21-10-20-33(18-8-5-2)19-9-6-3;/h12-17,22,32H,4-11,18-21,23H2,1-3H3,(H,35,36);1H/p-1. The number of hydrogen-bond acceptors (Lipinski definition) is 6. The number of fused-ring (bicyclic) bond motifs is 1. The summed E-state index contributed by atoms with van der Waals surface area (Å²) in [7, 11) is 0. The van der Waals surface area contributed by atoms with Gasteiger partial charge >= 0.3 is 0 Å². The number of ketones is 1. The van der Waals surface area contributed by atoms with Crippen molar-refractivity contribution in [2.75, 3.05) is 26.2 Å². The molecule has 0 spiro atoms. The van der Waals surface area contributed by atoms with E-state index in [1.807, 2.05) is 24.3 Å². The number of carbonyl (C=O) groups is 1. The third-order valence-electron chi connectivity index (χ3n) is 6.86. The van der Waals surface area contributed by atoms with E-state index in [-0.39, 0.29) is 24.7 Å². The van der Waals surface area contributed by atoms with Crippen LogP contribution in [0.1, 0.15) is 93.0 Å². The van der Waals surface area contributed by atoms with Gasteiger partial charge in [-0.25, -0.2) is 4.72 Å². The molecule has 0 fully saturated rings. The van der Waals surface area contributed by atoms with Crippen LogP contribution in [0.25, 0.3) is 11.0 Å². The SMILES string of the molecule is CCCCc1oc2ccc(CNS(=O)[O-])cc2c1C(=O)c1ccc(OCCCN(CCCC)CCCC)cc1.Cl. The normalized spacial score (nSPS) is 12.0. The van der Waals surface area contributed by atoms with Gasteiger partial charge in [0.1, 0.15) is 17.1 Å². The first-order valence-electron chi connectivity index (χ1n) is 14.3. The first kappa shape index (κ1) is 34.0. The Morgan fingerprint density at radius 3 is 2.23 bits per heavy atom. The van der Waals surface area contributed by atoms with Crippen LogP contribution in [0.5, 0.6) is 5.75 Å². The van der Waals surface area contributed by atoms with Gasteiger partial charge in [-0.1, -0.05) is 46.1 Å². The molecule has 0 aliphatic rings. The fourth-order valence-corrected chi connectivity index (χ4v) is 4.92. The van der Waals surface area contributed by atoms with E-state index in [0.717, 1.165) is 50.2 Å². The summed E-state index contributed by atoms with van der Waals surface area (Å²) < 4.78 is 36.3. The number of benzene rings is 2. The zero-order valence-corrected chi connectivity index (χ0v) is 25.7. The Balaban J connectivity index is 0.00000560. The molecule has 0 aliphatic carbocycles. The Labute approximate surface area is 247 Å². The van der Waals surface area contributed by atoms with Gasteiger partial charge in [0.05, 0.1) is 12.2 Å². The van der Waals surface area contributed by atoms with Gasteiger partial charge in [0.2, 0.25) is 0 Å². The van der Waals surface area contributed by atoms with E-state index in [1.165, 1.54) is 25.7 Å². The molecule has 0 bridgehead atoms. The second-order valence-electron chi connectivity index (χ2n) is 9.99. The van der Waals surface area contributed by atoms with E-state index >= 15 is 0 Å². The van der Waals surface area contributed by atoms with Crippen LogP contribution in [-0.2, 0) is 24.2 Å². The quantitative estimate of drug-likeness (QED) is 0.0917. The number of ether oxygens (including phenoxy) is 1. The van der Waals surface area contributed by atoms with E-state index in [9.17, 15) is 13.6 Å². The van der Waals surface area contributed by atoms with Crippen LogP contribution >= 0.6 is 12.4 Å². The van der Waals surface area contributed by atoms with Crippen LogP contribution in [0.4, 0.5) is 0 Å². The van der Waals surface area contributed by atoms with Crippen LogP contribution in [0.2, 0.25) is 0 Å². The highest BCUT2D eigenvalue weighted by Crippen LogP contribution is 2.31. The predicted molar refractivity (Wildman–Crippen MR) is 164 cm³/mol. The summed E-state index contributed by atoms with van der Waals surface area (Å²) >= 11 is -2.36. The summed E-state index contributed by atoms with van der Waals surface area (Å²) in [6.07, 6.45) is 8.39. The lowest BCUT2D eigenvalue weighted by Gasteiger charge is -2.21. The molecule has 2 aromatic carbocycles. The van der Waals surface area contributed by atoms with Crippen LogP contribution in [0, 0.1) is 0 Å². The number of furan rings is 1. The zero-order valence-electron chi connectivity index (χ0n) is 24.0. The number of unbranched alkanes of at least 4 members (excludes halogenated alkanes) is 3. The maximum Gasteiger partial charge on any atom is 0.197 e. The highest BCUT2D eigenvalue weighted by molar-refractivity contribution is 7.77. The molecule has 1 heterocycles. The molecule has 1 unspecified atom stereocenters. The number of nitrogens with zero attached hydrogens (tertiary/aromatic N) is 1. The Hall–Kier alpha value is -2.23. The average molecular weight is 592 g/mol. The molecule has 1 N–H and O–H groups in total. The molecule has 0 radical (unpaired) electrons. The summed E-state index contributed by atoms with van der Waals surface area (Å²) in [4.78, 5) is 16.2. The van der Waals surface area contributed by atoms with E-state index in [0.29, 0.717) is 40.9 Å². The van der Waals surface area contributed by atoms with Crippen molar-refractivity contribution in [3.05, 3.63) is 64.9 Å². The Morgan fingerprint density at radius 2 is 1.60 bits per heavy atom. The second-order valence-corrected chi connectivity index (χ2v) is 10.8. The van der Waals surface area contributed by atoms with Gasteiger partial charge in [0.25, 0.3) is 0 Å². The van der Waals surface area contributed by atoms with Crippen molar-refractivity contribution in [1.29, 1.82) is 0 Å².